The first-order chi connectivity index (χ1) is 14.6. The van der Waals surface area contributed by atoms with Crippen LogP contribution in [0.3, 0.4) is 0 Å². The molecule has 0 unspecified atom stereocenters. The normalized spacial score (nSPS) is 22.9. The lowest BCUT2D eigenvalue weighted by atomic mass is 9.82. The fraction of sp³-hybridized carbons (Fsp3) is 0.565. The summed E-state index contributed by atoms with van der Waals surface area (Å²) in [6.07, 6.45) is 5.43. The maximum atomic E-state index is 12.9. The summed E-state index contributed by atoms with van der Waals surface area (Å²) >= 11 is 0. The second kappa shape index (κ2) is 11.1. The first kappa shape index (κ1) is 22.3. The first-order valence-corrected chi connectivity index (χ1v) is 10.7. The van der Waals surface area contributed by atoms with Gasteiger partial charge in [-0.3, -0.25) is 14.5 Å². The molecule has 0 radical (unpaired) electrons. The molecule has 0 aliphatic carbocycles. The predicted octanol–water partition coefficient (Wildman–Crippen LogP) is 1.68. The first-order valence-electron chi connectivity index (χ1n) is 10.7. The number of hydrogen-bond donors (Lipinski definition) is 1. The number of nitrogens with one attached hydrogen (secondary N) is 1. The number of carbonyl (C=O) groups excluding carboxylic acids is 2. The van der Waals surface area contributed by atoms with Crippen LogP contribution in [-0.4, -0.2) is 75.2 Å². The second-order valence-electron chi connectivity index (χ2n) is 8.12. The third-order valence-corrected chi connectivity index (χ3v) is 5.77. The number of piperidine rings is 1. The van der Waals surface area contributed by atoms with Crippen molar-refractivity contribution in [1.29, 1.82) is 0 Å². The van der Waals surface area contributed by atoms with Crippen LogP contribution in [0.4, 0.5) is 0 Å². The van der Waals surface area contributed by atoms with Gasteiger partial charge in [0.25, 0.3) is 0 Å². The molecule has 1 aromatic rings. The molecule has 2 aliphatic rings. The van der Waals surface area contributed by atoms with E-state index in [4.69, 9.17) is 9.47 Å². The minimum Gasteiger partial charge on any atom is -0.489 e. The highest BCUT2D eigenvalue weighted by molar-refractivity contribution is 5.79. The number of ether oxygens (including phenoxy) is 2. The van der Waals surface area contributed by atoms with Crippen molar-refractivity contribution in [2.24, 2.45) is 11.8 Å². The molecule has 2 aliphatic heterocycles. The van der Waals surface area contributed by atoms with Gasteiger partial charge in [-0.2, -0.15) is 0 Å². The van der Waals surface area contributed by atoms with E-state index in [1.807, 2.05) is 47.2 Å². The van der Waals surface area contributed by atoms with Gasteiger partial charge in [0.15, 0.2) is 0 Å². The molecule has 7 nitrogen and oxygen atoms in total. The van der Waals surface area contributed by atoms with Crippen molar-refractivity contribution < 1.29 is 19.1 Å². The van der Waals surface area contributed by atoms with Crippen molar-refractivity contribution in [2.45, 2.75) is 19.4 Å². The predicted molar refractivity (Wildman–Crippen MR) is 115 cm³/mol. The van der Waals surface area contributed by atoms with Crippen LogP contribution >= 0.6 is 0 Å². The fourth-order valence-corrected chi connectivity index (χ4v) is 4.15. The van der Waals surface area contributed by atoms with Crippen molar-refractivity contribution in [2.75, 3.05) is 53.6 Å². The Morgan fingerprint density at radius 3 is 2.97 bits per heavy atom. The molecule has 1 saturated heterocycles. The summed E-state index contributed by atoms with van der Waals surface area (Å²) in [5.74, 6) is 1.37. The minimum atomic E-state index is 0.0399. The molecule has 1 aromatic carbocycles. The number of para-hydroxylation sites is 1. The summed E-state index contributed by atoms with van der Waals surface area (Å²) in [7, 11) is 3.58. The zero-order valence-corrected chi connectivity index (χ0v) is 18.0. The van der Waals surface area contributed by atoms with Gasteiger partial charge < -0.3 is 19.7 Å². The van der Waals surface area contributed by atoms with Crippen molar-refractivity contribution in [3.63, 3.8) is 0 Å². The zero-order valence-electron chi connectivity index (χ0n) is 18.0. The van der Waals surface area contributed by atoms with Gasteiger partial charge in [0, 0.05) is 45.3 Å². The number of amides is 2. The van der Waals surface area contributed by atoms with Crippen LogP contribution in [-0.2, 0) is 20.9 Å². The highest BCUT2D eigenvalue weighted by atomic mass is 16.5. The quantitative estimate of drug-likeness (QED) is 0.585. The summed E-state index contributed by atoms with van der Waals surface area (Å²) in [6, 6.07) is 7.96. The highest BCUT2D eigenvalue weighted by Crippen LogP contribution is 2.28. The van der Waals surface area contributed by atoms with E-state index in [-0.39, 0.29) is 23.7 Å². The average molecular weight is 416 g/mol. The van der Waals surface area contributed by atoms with E-state index in [1.165, 1.54) is 0 Å². The Morgan fingerprint density at radius 2 is 2.13 bits per heavy atom. The molecular weight excluding hydrogens is 382 g/mol. The van der Waals surface area contributed by atoms with Gasteiger partial charge in [0.2, 0.25) is 11.8 Å². The van der Waals surface area contributed by atoms with Crippen LogP contribution < -0.4 is 10.1 Å². The maximum absolute atomic E-state index is 12.9. The van der Waals surface area contributed by atoms with E-state index < -0.39 is 0 Å². The smallest absolute Gasteiger partial charge is 0.236 e. The summed E-state index contributed by atoms with van der Waals surface area (Å²) in [6.45, 7) is 3.87. The fourth-order valence-electron chi connectivity index (χ4n) is 4.15. The number of methoxy groups -OCH3 is 1. The Balaban J connectivity index is 1.71. The third kappa shape index (κ3) is 6.31. The lowest BCUT2D eigenvalue weighted by Gasteiger charge is -2.37. The van der Waals surface area contributed by atoms with E-state index >= 15 is 0 Å². The van der Waals surface area contributed by atoms with E-state index in [2.05, 4.69) is 11.4 Å². The number of rotatable bonds is 5. The van der Waals surface area contributed by atoms with Crippen molar-refractivity contribution >= 4 is 11.8 Å². The summed E-state index contributed by atoms with van der Waals surface area (Å²) < 4.78 is 11.0. The molecule has 0 saturated carbocycles. The van der Waals surface area contributed by atoms with E-state index in [1.54, 1.807) is 7.11 Å². The monoisotopic (exact) mass is 415 g/mol. The van der Waals surface area contributed by atoms with Gasteiger partial charge in [0.1, 0.15) is 12.4 Å². The third-order valence-electron chi connectivity index (χ3n) is 5.77. The minimum absolute atomic E-state index is 0.0399. The summed E-state index contributed by atoms with van der Waals surface area (Å²) in [4.78, 5) is 29.2. The lowest BCUT2D eigenvalue weighted by molar-refractivity contribution is -0.134. The van der Waals surface area contributed by atoms with Crippen LogP contribution in [0.2, 0.25) is 0 Å². The van der Waals surface area contributed by atoms with Crippen molar-refractivity contribution in [3.05, 3.63) is 42.0 Å². The molecule has 1 fully saturated rings. The van der Waals surface area contributed by atoms with Gasteiger partial charge in [-0.25, -0.2) is 0 Å². The van der Waals surface area contributed by atoms with Crippen LogP contribution in [0.1, 0.15) is 18.4 Å². The van der Waals surface area contributed by atoms with E-state index in [0.717, 1.165) is 17.7 Å². The number of nitrogens with zero attached hydrogens (tertiary/aromatic N) is 2. The van der Waals surface area contributed by atoms with Gasteiger partial charge in [-0.15, -0.1) is 0 Å². The number of likely N-dealkylation sites (N-methyl/N-ethyl adjacent to an activating group) is 1. The SMILES string of the molecule is COCCNC(=O)C[C@@H]1CCN2C[C@@H]1C=CCOc1ccccc1CN(C)CC2=O. The Morgan fingerprint density at radius 1 is 1.30 bits per heavy atom. The van der Waals surface area contributed by atoms with Gasteiger partial charge in [-0.1, -0.05) is 30.4 Å². The molecule has 2 amide bonds. The molecule has 2 atom stereocenters. The van der Waals surface area contributed by atoms with Crippen molar-refractivity contribution in [1.82, 2.24) is 15.1 Å². The van der Waals surface area contributed by atoms with Crippen LogP contribution in [0.15, 0.2) is 36.4 Å². The van der Waals surface area contributed by atoms with E-state index in [0.29, 0.717) is 52.4 Å². The molecule has 30 heavy (non-hydrogen) atoms. The molecule has 2 heterocycles. The van der Waals surface area contributed by atoms with Crippen LogP contribution in [0.5, 0.6) is 5.75 Å². The van der Waals surface area contributed by atoms with E-state index in [9.17, 15) is 9.59 Å². The van der Waals surface area contributed by atoms with Gasteiger partial charge in [-0.05, 0) is 31.4 Å². The second-order valence-corrected chi connectivity index (χ2v) is 8.12. The summed E-state index contributed by atoms with van der Waals surface area (Å²) in [5, 5.41) is 2.91. The molecular formula is C23H33N3O4. The molecule has 0 aromatic heterocycles. The molecule has 1 N–H and O–H groups in total. The largest absolute Gasteiger partial charge is 0.489 e. The lowest BCUT2D eigenvalue weighted by Crippen LogP contribution is -2.47. The summed E-state index contributed by atoms with van der Waals surface area (Å²) in [5.41, 5.74) is 1.07. The van der Waals surface area contributed by atoms with Gasteiger partial charge >= 0.3 is 0 Å². The average Bonchev–Trinajstić information content (AvgIpc) is 2.73. The molecule has 3 rings (SSSR count). The molecule has 0 spiro atoms. The Hall–Kier alpha value is -2.38. The number of benzene rings is 1. The van der Waals surface area contributed by atoms with Crippen molar-refractivity contribution in [3.8, 4) is 5.75 Å². The molecule has 164 valence electrons. The number of carbonyl (C=O) groups is 2. The standard InChI is InChI=1S/C23H33N3O4/c1-25-15-20-6-3-4-8-21(20)30-12-5-7-19-16-26(23(28)17-25)11-9-18(19)14-22(27)24-10-13-29-2/h3-8,18-19H,9-17H2,1-2H3,(H,24,27)/t18-,19-/m0/s1. The number of hydrogen-bond acceptors (Lipinski definition) is 5. The Bertz CT molecular complexity index is 752. The maximum Gasteiger partial charge on any atom is 0.236 e. The molecule has 7 heteroatoms. The highest BCUT2D eigenvalue weighted by Gasteiger charge is 2.31. The Labute approximate surface area is 179 Å². The zero-order chi connectivity index (χ0) is 21.3. The van der Waals surface area contributed by atoms with Gasteiger partial charge in [0.05, 0.1) is 13.2 Å². The number of fused-ring (bicyclic) bond motifs is 3. The topological polar surface area (TPSA) is 71.1 Å². The Kier molecular flexibility index (Phi) is 8.28. The molecule has 2 bridgehead atoms. The van der Waals surface area contributed by atoms with Crippen LogP contribution in [0, 0.1) is 11.8 Å². The van der Waals surface area contributed by atoms with Crippen LogP contribution in [0.25, 0.3) is 0 Å².